The van der Waals surface area contributed by atoms with Crippen LogP contribution in [0.4, 0.5) is 18.9 Å². The molecule has 26 heavy (non-hydrogen) atoms. The van der Waals surface area contributed by atoms with Crippen LogP contribution in [-0.2, 0) is 6.18 Å². The molecule has 2 heterocycles. The second kappa shape index (κ2) is 6.31. The largest absolute Gasteiger partial charge is 0.417 e. The lowest BCUT2D eigenvalue weighted by molar-refractivity contribution is -0.137. The number of piperidine rings is 1. The maximum Gasteiger partial charge on any atom is 0.417 e. The zero-order valence-electron chi connectivity index (χ0n) is 14.0. The van der Waals surface area contributed by atoms with Crippen LogP contribution in [-0.4, -0.2) is 23.2 Å². The zero-order chi connectivity index (χ0) is 18.3. The van der Waals surface area contributed by atoms with Crippen molar-refractivity contribution in [2.45, 2.75) is 43.7 Å². The summed E-state index contributed by atoms with van der Waals surface area (Å²) in [6, 6.07) is 5.50. The third-order valence-corrected chi connectivity index (χ3v) is 5.04. The van der Waals surface area contributed by atoms with Crippen molar-refractivity contribution < 1.29 is 17.7 Å². The Bertz CT molecular complexity index is 843. The van der Waals surface area contributed by atoms with Gasteiger partial charge in [-0.3, -0.25) is 0 Å². The molecule has 2 aromatic rings. The maximum absolute atomic E-state index is 13.1. The van der Waals surface area contributed by atoms with Crippen LogP contribution in [0.15, 0.2) is 22.7 Å². The van der Waals surface area contributed by atoms with Crippen LogP contribution < -0.4 is 4.90 Å². The van der Waals surface area contributed by atoms with Gasteiger partial charge in [-0.15, -0.1) is 0 Å². The Morgan fingerprint density at radius 2 is 1.85 bits per heavy atom. The summed E-state index contributed by atoms with van der Waals surface area (Å²) < 4.78 is 44.7. The van der Waals surface area contributed by atoms with Gasteiger partial charge in [0.15, 0.2) is 5.82 Å². The first-order valence-electron chi connectivity index (χ1n) is 8.65. The van der Waals surface area contributed by atoms with Crippen molar-refractivity contribution >= 4 is 5.69 Å². The molecule has 1 saturated heterocycles. The number of benzene rings is 1. The Balaban J connectivity index is 1.46. The summed E-state index contributed by atoms with van der Waals surface area (Å²) in [5, 5.41) is 13.0. The predicted octanol–water partition coefficient (Wildman–Crippen LogP) is 4.22. The van der Waals surface area contributed by atoms with Gasteiger partial charge in [-0.2, -0.15) is 23.4 Å². The van der Waals surface area contributed by atoms with Crippen LogP contribution in [0.1, 0.15) is 60.4 Å². The molecule has 1 aromatic carbocycles. The van der Waals surface area contributed by atoms with E-state index in [9.17, 15) is 13.2 Å². The molecule has 0 bridgehead atoms. The monoisotopic (exact) mass is 362 g/mol. The Kier molecular flexibility index (Phi) is 4.10. The average Bonchev–Trinajstić information content (AvgIpc) is 3.37. The highest BCUT2D eigenvalue weighted by Crippen LogP contribution is 2.40. The van der Waals surface area contributed by atoms with Crippen LogP contribution >= 0.6 is 0 Å². The van der Waals surface area contributed by atoms with Gasteiger partial charge in [0, 0.05) is 30.6 Å². The van der Waals surface area contributed by atoms with Crippen molar-refractivity contribution in [1.29, 1.82) is 5.26 Å². The second-order valence-corrected chi connectivity index (χ2v) is 6.87. The van der Waals surface area contributed by atoms with Gasteiger partial charge < -0.3 is 9.42 Å². The van der Waals surface area contributed by atoms with Gasteiger partial charge in [-0.05, 0) is 43.9 Å². The molecule has 4 rings (SSSR count). The quantitative estimate of drug-likeness (QED) is 0.818. The number of aromatic nitrogens is 2. The molecule has 136 valence electrons. The standard InChI is InChI=1S/C18H17F3N4O/c19-18(20,21)15-9-14(4-3-13(15)10-22)25-7-5-11(6-8-25)16-23-17(26-24-16)12-1-2-12/h3-4,9,11-12H,1-2,5-8H2. The minimum absolute atomic E-state index is 0.169. The molecule has 0 spiro atoms. The van der Waals surface area contributed by atoms with E-state index in [0.717, 1.165) is 31.7 Å². The minimum atomic E-state index is -4.54. The van der Waals surface area contributed by atoms with Crippen LogP contribution in [0.3, 0.4) is 0 Å². The lowest BCUT2D eigenvalue weighted by Crippen LogP contribution is -2.33. The summed E-state index contributed by atoms with van der Waals surface area (Å²) in [5.41, 5.74) is -0.746. The number of nitriles is 1. The lowest BCUT2D eigenvalue weighted by Gasteiger charge is -2.32. The molecule has 0 unspecified atom stereocenters. The smallest absolute Gasteiger partial charge is 0.371 e. The van der Waals surface area contributed by atoms with Gasteiger partial charge in [0.05, 0.1) is 17.2 Å². The van der Waals surface area contributed by atoms with E-state index in [1.807, 2.05) is 4.90 Å². The number of hydrogen-bond donors (Lipinski definition) is 0. The van der Waals surface area contributed by atoms with E-state index in [0.29, 0.717) is 36.4 Å². The highest BCUT2D eigenvalue weighted by atomic mass is 19.4. The molecule has 0 atom stereocenters. The summed E-state index contributed by atoms with van der Waals surface area (Å²) in [4.78, 5) is 6.39. The van der Waals surface area contributed by atoms with Gasteiger partial charge in [0.25, 0.3) is 0 Å². The number of rotatable bonds is 3. The van der Waals surface area contributed by atoms with Crippen LogP contribution in [0.2, 0.25) is 0 Å². The molecule has 2 aliphatic rings. The molecular formula is C18H17F3N4O. The van der Waals surface area contributed by atoms with Gasteiger partial charge in [-0.1, -0.05) is 5.16 Å². The van der Waals surface area contributed by atoms with Gasteiger partial charge >= 0.3 is 6.18 Å². The summed E-state index contributed by atoms with van der Waals surface area (Å²) in [6.45, 7) is 1.22. The van der Waals surface area contributed by atoms with E-state index in [1.165, 1.54) is 6.07 Å². The first-order chi connectivity index (χ1) is 12.5. The predicted molar refractivity (Wildman–Crippen MR) is 86.6 cm³/mol. The van der Waals surface area contributed by atoms with Crippen molar-refractivity contribution in [3.8, 4) is 6.07 Å². The maximum atomic E-state index is 13.1. The molecule has 0 amide bonds. The third kappa shape index (κ3) is 3.26. The summed E-state index contributed by atoms with van der Waals surface area (Å²) >= 11 is 0. The molecule has 1 saturated carbocycles. The number of nitrogens with zero attached hydrogens (tertiary/aromatic N) is 4. The normalized spacial score (nSPS) is 18.8. The van der Waals surface area contributed by atoms with E-state index in [-0.39, 0.29) is 11.5 Å². The fourth-order valence-electron chi connectivity index (χ4n) is 3.37. The summed E-state index contributed by atoms with van der Waals surface area (Å²) in [5.74, 6) is 2.01. The summed E-state index contributed by atoms with van der Waals surface area (Å²) in [7, 11) is 0. The van der Waals surface area contributed by atoms with E-state index >= 15 is 0 Å². The van der Waals surface area contributed by atoms with Crippen LogP contribution in [0.25, 0.3) is 0 Å². The van der Waals surface area contributed by atoms with Crippen molar-refractivity contribution in [1.82, 2.24) is 10.1 Å². The molecular weight excluding hydrogens is 345 g/mol. The number of halogens is 3. The molecule has 8 heteroatoms. The Hall–Kier alpha value is -2.56. The van der Waals surface area contributed by atoms with Crippen molar-refractivity contribution in [3.63, 3.8) is 0 Å². The highest BCUT2D eigenvalue weighted by molar-refractivity contribution is 5.55. The highest BCUT2D eigenvalue weighted by Gasteiger charge is 2.35. The zero-order valence-corrected chi connectivity index (χ0v) is 14.0. The van der Waals surface area contributed by atoms with Crippen LogP contribution in [0, 0.1) is 11.3 Å². The van der Waals surface area contributed by atoms with E-state index in [4.69, 9.17) is 9.78 Å². The van der Waals surface area contributed by atoms with E-state index in [1.54, 1.807) is 12.1 Å². The van der Waals surface area contributed by atoms with Crippen LogP contribution in [0.5, 0.6) is 0 Å². The topological polar surface area (TPSA) is 66.0 Å². The fraction of sp³-hybridized carbons (Fsp3) is 0.500. The average molecular weight is 362 g/mol. The van der Waals surface area contributed by atoms with E-state index < -0.39 is 11.7 Å². The molecule has 2 fully saturated rings. The van der Waals surface area contributed by atoms with Crippen molar-refractivity contribution in [2.24, 2.45) is 0 Å². The fourth-order valence-corrected chi connectivity index (χ4v) is 3.37. The summed E-state index contributed by atoms with van der Waals surface area (Å²) in [6.07, 6.45) is -0.833. The Labute approximate surface area is 148 Å². The minimum Gasteiger partial charge on any atom is -0.371 e. The Morgan fingerprint density at radius 3 is 2.46 bits per heavy atom. The van der Waals surface area contributed by atoms with Crippen molar-refractivity contribution in [2.75, 3.05) is 18.0 Å². The number of anilines is 1. The van der Waals surface area contributed by atoms with E-state index in [2.05, 4.69) is 10.1 Å². The lowest BCUT2D eigenvalue weighted by atomic mass is 9.95. The first-order valence-corrected chi connectivity index (χ1v) is 8.65. The third-order valence-electron chi connectivity index (χ3n) is 5.04. The molecule has 5 nitrogen and oxygen atoms in total. The van der Waals surface area contributed by atoms with Gasteiger partial charge in [0.1, 0.15) is 0 Å². The molecule has 0 N–H and O–H groups in total. The van der Waals surface area contributed by atoms with Gasteiger partial charge in [0.2, 0.25) is 5.89 Å². The van der Waals surface area contributed by atoms with Crippen molar-refractivity contribution in [3.05, 3.63) is 41.0 Å². The molecule has 1 aromatic heterocycles. The SMILES string of the molecule is N#Cc1ccc(N2CCC(c3noc(C4CC4)n3)CC2)cc1C(F)(F)F. The number of alkyl halides is 3. The molecule has 1 aliphatic carbocycles. The first kappa shape index (κ1) is 16.9. The molecule has 1 aliphatic heterocycles. The van der Waals surface area contributed by atoms with Gasteiger partial charge in [-0.25, -0.2) is 0 Å². The molecule has 0 radical (unpaired) electrons. The number of hydrogen-bond acceptors (Lipinski definition) is 5. The Morgan fingerprint density at radius 1 is 1.12 bits per heavy atom. The second-order valence-electron chi connectivity index (χ2n) is 6.87.